The van der Waals surface area contributed by atoms with Gasteiger partial charge in [0.2, 0.25) is 11.8 Å². The predicted molar refractivity (Wildman–Crippen MR) is 136 cm³/mol. The fraction of sp³-hybridized carbons (Fsp3) is 0.444. The van der Waals surface area contributed by atoms with Gasteiger partial charge in [0.15, 0.2) is 0 Å². The molecule has 196 valence electrons. The fourth-order valence-corrected chi connectivity index (χ4v) is 3.60. The van der Waals surface area contributed by atoms with Crippen LogP contribution in [0.5, 0.6) is 5.75 Å². The second-order valence-corrected chi connectivity index (χ2v) is 10.5. The summed E-state index contributed by atoms with van der Waals surface area (Å²) in [5.74, 6) is -1.11. The molecule has 36 heavy (non-hydrogen) atoms. The first kappa shape index (κ1) is 28.6. The Balaban J connectivity index is 2.44. The van der Waals surface area contributed by atoms with Crippen molar-refractivity contribution in [1.29, 1.82) is 0 Å². The summed E-state index contributed by atoms with van der Waals surface area (Å²) in [6.45, 7) is 9.85. The molecule has 0 fully saturated rings. The van der Waals surface area contributed by atoms with Crippen LogP contribution in [0.25, 0.3) is 0 Å². The molecule has 0 aliphatic rings. The van der Waals surface area contributed by atoms with E-state index in [0.717, 1.165) is 5.56 Å². The van der Waals surface area contributed by atoms with E-state index in [1.165, 1.54) is 17.0 Å². The number of aliphatic hydroxyl groups is 1. The molecule has 0 spiro atoms. The normalized spacial score (nSPS) is 13.3. The quantitative estimate of drug-likeness (QED) is 0.441. The minimum Gasteiger partial charge on any atom is -0.508 e. The van der Waals surface area contributed by atoms with Gasteiger partial charge in [-0.05, 0) is 64.8 Å². The van der Waals surface area contributed by atoms with Crippen molar-refractivity contribution in [2.75, 3.05) is 6.61 Å². The molecular formula is C27H37N3O6. The lowest BCUT2D eigenvalue weighted by atomic mass is 9.95. The monoisotopic (exact) mass is 499 g/mol. The van der Waals surface area contributed by atoms with Crippen LogP contribution in [-0.2, 0) is 20.9 Å². The highest BCUT2D eigenvalue weighted by Crippen LogP contribution is 2.31. The van der Waals surface area contributed by atoms with Gasteiger partial charge in [-0.2, -0.15) is 0 Å². The zero-order chi connectivity index (χ0) is 27.1. The van der Waals surface area contributed by atoms with Crippen LogP contribution in [0.1, 0.15) is 58.7 Å². The average molecular weight is 500 g/mol. The highest BCUT2D eigenvalue weighted by molar-refractivity contribution is 5.92. The molecule has 9 nitrogen and oxygen atoms in total. The molecule has 0 aromatic heterocycles. The third-order valence-corrected chi connectivity index (χ3v) is 5.16. The maximum Gasteiger partial charge on any atom is 0.408 e. The van der Waals surface area contributed by atoms with E-state index in [-0.39, 0.29) is 12.3 Å². The number of carbonyl (C=O) groups excluding carboxylic acids is 3. The number of hydrogen-bond acceptors (Lipinski definition) is 6. The number of aromatic hydroxyl groups is 1. The number of aliphatic hydroxyl groups excluding tert-OH is 1. The molecule has 3 amide bonds. The first-order valence-corrected chi connectivity index (χ1v) is 11.8. The third kappa shape index (κ3) is 8.27. The van der Waals surface area contributed by atoms with Gasteiger partial charge in [0.05, 0.1) is 6.61 Å². The minimum absolute atomic E-state index is 0.00987. The Kier molecular flexibility index (Phi) is 9.47. The van der Waals surface area contributed by atoms with Crippen LogP contribution in [0.4, 0.5) is 4.79 Å². The summed E-state index contributed by atoms with van der Waals surface area (Å²) in [4.78, 5) is 41.0. The number of ether oxygens (including phenoxy) is 1. The van der Waals surface area contributed by atoms with Gasteiger partial charge in [0.25, 0.3) is 0 Å². The molecule has 0 saturated heterocycles. The predicted octanol–water partition coefficient (Wildman–Crippen LogP) is 3.26. The highest BCUT2D eigenvalue weighted by atomic mass is 16.6. The minimum atomic E-state index is -1.35. The van der Waals surface area contributed by atoms with Gasteiger partial charge in [-0.15, -0.1) is 0 Å². The number of nitrogens with zero attached hydrogens (tertiary/aromatic N) is 1. The zero-order valence-corrected chi connectivity index (χ0v) is 21.7. The van der Waals surface area contributed by atoms with Crippen LogP contribution in [0.3, 0.4) is 0 Å². The number of amides is 3. The second-order valence-electron chi connectivity index (χ2n) is 10.5. The van der Waals surface area contributed by atoms with E-state index in [4.69, 9.17) is 4.74 Å². The summed E-state index contributed by atoms with van der Waals surface area (Å²) < 4.78 is 5.24. The molecule has 2 unspecified atom stereocenters. The van der Waals surface area contributed by atoms with Crippen LogP contribution in [0.2, 0.25) is 0 Å². The molecule has 0 aliphatic heterocycles. The van der Waals surface area contributed by atoms with Gasteiger partial charge in [0, 0.05) is 12.1 Å². The molecule has 9 heteroatoms. The lowest BCUT2D eigenvalue weighted by Gasteiger charge is -2.42. The standard InChI is InChI=1S/C27H37N3O6/c1-26(2,3)30(24(34)21(17-31)29-25(35)36-27(4,5)6)22(19-12-14-20(32)15-13-19)23(33)28-16-18-10-8-7-9-11-18/h7-15,21-22,31-32H,16-17H2,1-6H3,(H,28,33)(H,29,35). The Hall–Kier alpha value is -3.59. The number of carbonyl (C=O) groups is 3. The topological polar surface area (TPSA) is 128 Å². The Labute approximate surface area is 212 Å². The van der Waals surface area contributed by atoms with Crippen LogP contribution in [0.15, 0.2) is 54.6 Å². The number of hydrogen-bond donors (Lipinski definition) is 4. The van der Waals surface area contributed by atoms with Crippen molar-refractivity contribution in [1.82, 2.24) is 15.5 Å². The number of phenols is 1. The van der Waals surface area contributed by atoms with Crippen molar-refractivity contribution in [3.8, 4) is 5.75 Å². The Morgan fingerprint density at radius 1 is 0.944 bits per heavy atom. The van der Waals surface area contributed by atoms with Crippen LogP contribution in [-0.4, -0.2) is 56.8 Å². The molecule has 2 rings (SSSR count). The van der Waals surface area contributed by atoms with Crippen molar-refractivity contribution >= 4 is 17.9 Å². The van der Waals surface area contributed by atoms with E-state index in [9.17, 15) is 24.6 Å². The number of rotatable bonds is 8. The summed E-state index contributed by atoms with van der Waals surface area (Å²) in [6.07, 6.45) is -0.863. The van der Waals surface area contributed by atoms with Gasteiger partial charge >= 0.3 is 6.09 Å². The van der Waals surface area contributed by atoms with Crippen molar-refractivity contribution in [3.05, 3.63) is 65.7 Å². The maximum absolute atomic E-state index is 13.7. The molecule has 0 heterocycles. The highest BCUT2D eigenvalue weighted by Gasteiger charge is 2.41. The van der Waals surface area contributed by atoms with Crippen molar-refractivity contribution in [3.63, 3.8) is 0 Å². The van der Waals surface area contributed by atoms with Gasteiger partial charge in [-0.3, -0.25) is 9.59 Å². The number of phenolic OH excluding ortho intramolecular Hbond substituents is 1. The van der Waals surface area contributed by atoms with Crippen molar-refractivity contribution in [2.24, 2.45) is 0 Å². The Morgan fingerprint density at radius 3 is 2.03 bits per heavy atom. The molecule has 0 radical (unpaired) electrons. The van der Waals surface area contributed by atoms with Crippen LogP contribution >= 0.6 is 0 Å². The molecule has 4 N–H and O–H groups in total. The van der Waals surface area contributed by atoms with E-state index < -0.39 is 47.7 Å². The SMILES string of the molecule is CC(C)(C)OC(=O)NC(CO)C(=O)N(C(C(=O)NCc1ccccc1)c1ccc(O)cc1)C(C)(C)C. The van der Waals surface area contributed by atoms with Crippen LogP contribution in [0, 0.1) is 0 Å². The maximum atomic E-state index is 13.7. The summed E-state index contributed by atoms with van der Waals surface area (Å²) in [7, 11) is 0. The summed E-state index contributed by atoms with van der Waals surface area (Å²) >= 11 is 0. The first-order chi connectivity index (χ1) is 16.7. The number of nitrogens with one attached hydrogen (secondary N) is 2. The van der Waals surface area contributed by atoms with Gasteiger partial charge in [-0.25, -0.2) is 4.79 Å². The van der Waals surface area contributed by atoms with Gasteiger partial charge in [0.1, 0.15) is 23.4 Å². The van der Waals surface area contributed by atoms with Crippen LogP contribution < -0.4 is 10.6 Å². The van der Waals surface area contributed by atoms with Crippen molar-refractivity contribution < 1.29 is 29.3 Å². The number of alkyl carbamates (subject to hydrolysis) is 1. The van der Waals surface area contributed by atoms with Gasteiger partial charge < -0.3 is 30.5 Å². The average Bonchev–Trinajstić information content (AvgIpc) is 2.78. The third-order valence-electron chi connectivity index (χ3n) is 5.16. The smallest absolute Gasteiger partial charge is 0.408 e. The fourth-order valence-electron chi connectivity index (χ4n) is 3.60. The molecule has 2 aromatic carbocycles. The largest absolute Gasteiger partial charge is 0.508 e. The Morgan fingerprint density at radius 2 is 1.53 bits per heavy atom. The molecule has 0 aliphatic carbocycles. The first-order valence-electron chi connectivity index (χ1n) is 11.8. The lowest BCUT2D eigenvalue weighted by molar-refractivity contribution is -0.149. The van der Waals surface area contributed by atoms with E-state index in [1.54, 1.807) is 53.7 Å². The summed E-state index contributed by atoms with van der Waals surface area (Å²) in [6, 6.07) is 12.8. The van der Waals surface area contributed by atoms with E-state index >= 15 is 0 Å². The van der Waals surface area contributed by atoms with Crippen molar-refractivity contribution in [2.45, 2.75) is 71.3 Å². The number of benzene rings is 2. The molecule has 0 bridgehead atoms. The molecular weight excluding hydrogens is 462 g/mol. The summed E-state index contributed by atoms with van der Waals surface area (Å²) in [5, 5.41) is 25.1. The van der Waals surface area contributed by atoms with Gasteiger partial charge in [-0.1, -0.05) is 42.5 Å². The second kappa shape index (κ2) is 11.9. The van der Waals surface area contributed by atoms with E-state index in [2.05, 4.69) is 10.6 Å². The lowest BCUT2D eigenvalue weighted by Crippen LogP contribution is -2.59. The summed E-state index contributed by atoms with van der Waals surface area (Å²) in [5.41, 5.74) is -0.366. The Bertz CT molecular complexity index is 1030. The zero-order valence-electron chi connectivity index (χ0n) is 21.7. The molecule has 2 aromatic rings. The molecule has 2 atom stereocenters. The van der Waals surface area contributed by atoms with E-state index in [0.29, 0.717) is 5.56 Å². The van der Waals surface area contributed by atoms with E-state index in [1.807, 2.05) is 30.3 Å². The molecule has 0 saturated carbocycles.